The molecule has 1 aromatic rings. The van der Waals surface area contributed by atoms with Gasteiger partial charge in [-0.15, -0.1) is 0 Å². The highest BCUT2D eigenvalue weighted by Crippen LogP contribution is 2.47. The summed E-state index contributed by atoms with van der Waals surface area (Å²) in [6, 6.07) is 3.74. The molecule has 1 aromatic carbocycles. The van der Waals surface area contributed by atoms with Crippen LogP contribution in [0.2, 0.25) is 0 Å². The molecule has 5 heteroatoms. The SMILES string of the molecule is C=C(C)C1CCC(C)=CC1c1c(O)cc(CCCCC)cc1OC(=O)OC[N+](C)(CC)CC. The third kappa shape index (κ3) is 7.36. The summed E-state index contributed by atoms with van der Waals surface area (Å²) in [5.74, 6) is 0.674. The van der Waals surface area contributed by atoms with Gasteiger partial charge in [-0.3, -0.25) is 4.48 Å². The number of carbonyl (C=O) groups is 1. The zero-order valence-electron chi connectivity index (χ0n) is 21.6. The molecule has 33 heavy (non-hydrogen) atoms. The Morgan fingerprint density at radius 2 is 1.91 bits per heavy atom. The van der Waals surface area contributed by atoms with Crippen LogP contribution in [0.25, 0.3) is 0 Å². The van der Waals surface area contributed by atoms with E-state index in [1.54, 1.807) is 0 Å². The molecule has 0 radical (unpaired) electrons. The summed E-state index contributed by atoms with van der Waals surface area (Å²) >= 11 is 0. The molecular weight excluding hydrogens is 414 g/mol. The van der Waals surface area contributed by atoms with E-state index in [2.05, 4.69) is 40.3 Å². The first-order chi connectivity index (χ1) is 15.6. The van der Waals surface area contributed by atoms with Crippen LogP contribution in [-0.2, 0) is 11.2 Å². The highest BCUT2D eigenvalue weighted by molar-refractivity contribution is 5.66. The average Bonchev–Trinajstić information content (AvgIpc) is 2.77. The van der Waals surface area contributed by atoms with Crippen LogP contribution in [0.5, 0.6) is 11.5 Å². The Morgan fingerprint density at radius 3 is 2.52 bits per heavy atom. The van der Waals surface area contributed by atoms with Gasteiger partial charge in [0.15, 0.2) is 0 Å². The molecule has 2 atom stereocenters. The quantitative estimate of drug-likeness (QED) is 0.0959. The van der Waals surface area contributed by atoms with E-state index < -0.39 is 6.16 Å². The first-order valence-electron chi connectivity index (χ1n) is 12.5. The predicted molar refractivity (Wildman–Crippen MR) is 135 cm³/mol. The van der Waals surface area contributed by atoms with Gasteiger partial charge in [-0.1, -0.05) is 43.6 Å². The molecule has 0 spiro atoms. The monoisotopic (exact) mass is 458 g/mol. The van der Waals surface area contributed by atoms with Gasteiger partial charge >= 0.3 is 6.16 Å². The lowest BCUT2D eigenvalue weighted by Gasteiger charge is -2.32. The molecule has 0 fully saturated rings. The number of aryl methyl sites for hydroxylation is 1. The molecule has 0 heterocycles. The van der Waals surface area contributed by atoms with Crippen molar-refractivity contribution in [2.45, 2.75) is 79.1 Å². The Bertz CT molecular complexity index is 854. The number of benzene rings is 1. The smallest absolute Gasteiger partial charge is 0.507 e. The largest absolute Gasteiger partial charge is 0.518 e. The Balaban J connectivity index is 2.41. The summed E-state index contributed by atoms with van der Waals surface area (Å²) in [5, 5.41) is 11.1. The number of ether oxygens (including phenoxy) is 2. The van der Waals surface area contributed by atoms with E-state index in [1.165, 1.54) is 5.57 Å². The van der Waals surface area contributed by atoms with E-state index in [0.29, 0.717) is 15.8 Å². The van der Waals surface area contributed by atoms with Crippen LogP contribution in [0.15, 0.2) is 35.9 Å². The second kappa shape index (κ2) is 12.3. The molecular formula is C28H44NO4+. The van der Waals surface area contributed by atoms with Crippen LogP contribution in [0.4, 0.5) is 4.79 Å². The Morgan fingerprint density at radius 1 is 1.21 bits per heavy atom. The maximum atomic E-state index is 12.7. The lowest BCUT2D eigenvalue weighted by Crippen LogP contribution is -2.46. The number of allylic oxidation sites excluding steroid dienone is 3. The minimum atomic E-state index is -0.726. The molecule has 0 saturated heterocycles. The second-order valence-corrected chi connectivity index (χ2v) is 9.89. The van der Waals surface area contributed by atoms with Gasteiger partial charge in [0.25, 0.3) is 0 Å². The number of rotatable bonds is 11. The first kappa shape index (κ1) is 27.0. The fourth-order valence-electron chi connectivity index (χ4n) is 4.45. The van der Waals surface area contributed by atoms with Crippen molar-refractivity contribution in [1.82, 2.24) is 0 Å². The number of quaternary nitrogens is 1. The minimum absolute atomic E-state index is 0.0870. The Kier molecular flexibility index (Phi) is 10.0. The maximum absolute atomic E-state index is 12.7. The summed E-state index contributed by atoms with van der Waals surface area (Å²) in [7, 11) is 2.05. The number of unbranched alkanes of at least 4 members (excludes halogenated alkanes) is 2. The third-order valence-electron chi connectivity index (χ3n) is 7.18. The summed E-state index contributed by atoms with van der Waals surface area (Å²) in [6.45, 7) is 16.6. The van der Waals surface area contributed by atoms with Gasteiger partial charge in [-0.2, -0.15) is 0 Å². The van der Waals surface area contributed by atoms with E-state index in [1.807, 2.05) is 26.1 Å². The number of hydrogen-bond donors (Lipinski definition) is 1. The Hall–Kier alpha value is -2.27. The Labute approximate surface area is 200 Å². The molecule has 5 nitrogen and oxygen atoms in total. The number of phenolic OH excluding ortho intramolecular Hbond substituents is 1. The van der Waals surface area contributed by atoms with Crippen LogP contribution in [0.3, 0.4) is 0 Å². The molecule has 0 saturated carbocycles. The van der Waals surface area contributed by atoms with Crippen molar-refractivity contribution in [2.24, 2.45) is 5.92 Å². The summed E-state index contributed by atoms with van der Waals surface area (Å²) in [5.41, 5.74) is 3.97. The molecule has 2 unspecified atom stereocenters. The average molecular weight is 459 g/mol. The zero-order valence-corrected chi connectivity index (χ0v) is 21.6. The maximum Gasteiger partial charge on any atom is 0.518 e. The molecule has 0 bridgehead atoms. The van der Waals surface area contributed by atoms with Gasteiger partial charge < -0.3 is 14.6 Å². The van der Waals surface area contributed by atoms with Crippen molar-refractivity contribution in [1.29, 1.82) is 0 Å². The van der Waals surface area contributed by atoms with Crippen molar-refractivity contribution in [3.05, 3.63) is 47.1 Å². The van der Waals surface area contributed by atoms with Crippen molar-refractivity contribution in [3.8, 4) is 11.5 Å². The molecule has 1 N–H and O–H groups in total. The van der Waals surface area contributed by atoms with Crippen LogP contribution >= 0.6 is 0 Å². The van der Waals surface area contributed by atoms with E-state index in [-0.39, 0.29) is 24.3 Å². The standard InChI is InChI=1S/C28H43NO4/c1-8-11-12-13-22-17-25(30)27(24-16-21(6)14-15-23(24)20(4)5)26(18-22)33-28(31)32-19-29(7,9-2)10-3/h16-18,23-24H,4,8-15,19H2,1-3,5-7H3/p+1. The number of phenols is 1. The third-order valence-corrected chi connectivity index (χ3v) is 7.18. The van der Waals surface area contributed by atoms with E-state index in [4.69, 9.17) is 9.47 Å². The van der Waals surface area contributed by atoms with E-state index in [9.17, 15) is 9.90 Å². The van der Waals surface area contributed by atoms with Gasteiger partial charge in [-0.25, -0.2) is 4.79 Å². The normalized spacial score (nSPS) is 18.5. The molecule has 1 aliphatic carbocycles. The fraction of sp³-hybridized carbons (Fsp3) is 0.607. The van der Waals surface area contributed by atoms with Crippen LogP contribution in [-0.4, -0.2) is 42.6 Å². The number of nitrogens with zero attached hydrogens (tertiary/aromatic N) is 1. The van der Waals surface area contributed by atoms with Crippen molar-refractivity contribution < 1.29 is 23.9 Å². The molecule has 0 aliphatic heterocycles. The molecule has 184 valence electrons. The lowest BCUT2D eigenvalue weighted by molar-refractivity contribution is -0.922. The molecule has 0 aromatic heterocycles. The van der Waals surface area contributed by atoms with Crippen LogP contribution in [0, 0.1) is 5.92 Å². The molecule has 1 aliphatic rings. The van der Waals surface area contributed by atoms with Gasteiger partial charge in [-0.05, 0) is 77.0 Å². The fourth-order valence-corrected chi connectivity index (χ4v) is 4.45. The van der Waals surface area contributed by atoms with Gasteiger partial charge in [0.2, 0.25) is 6.73 Å². The zero-order chi connectivity index (χ0) is 24.6. The molecule has 2 rings (SSSR count). The van der Waals surface area contributed by atoms with E-state index >= 15 is 0 Å². The van der Waals surface area contributed by atoms with Crippen molar-refractivity contribution >= 4 is 6.16 Å². The first-order valence-corrected chi connectivity index (χ1v) is 12.5. The molecule has 0 amide bonds. The second-order valence-electron chi connectivity index (χ2n) is 9.89. The van der Waals surface area contributed by atoms with Crippen LogP contribution in [0.1, 0.15) is 83.8 Å². The van der Waals surface area contributed by atoms with Crippen molar-refractivity contribution in [3.63, 3.8) is 0 Å². The van der Waals surface area contributed by atoms with Crippen LogP contribution < -0.4 is 4.74 Å². The van der Waals surface area contributed by atoms with Gasteiger partial charge in [0, 0.05) is 11.5 Å². The number of aromatic hydroxyl groups is 1. The number of hydrogen-bond acceptors (Lipinski definition) is 4. The summed E-state index contributed by atoms with van der Waals surface area (Å²) < 4.78 is 11.9. The highest BCUT2D eigenvalue weighted by Gasteiger charge is 2.32. The number of carbonyl (C=O) groups excluding carboxylic acids is 1. The summed E-state index contributed by atoms with van der Waals surface area (Å²) in [6.07, 6.45) is 7.53. The van der Waals surface area contributed by atoms with Gasteiger partial charge in [0.05, 0.1) is 20.1 Å². The van der Waals surface area contributed by atoms with Crippen molar-refractivity contribution in [2.75, 3.05) is 26.9 Å². The topological polar surface area (TPSA) is 55.8 Å². The minimum Gasteiger partial charge on any atom is -0.507 e. The van der Waals surface area contributed by atoms with Gasteiger partial charge in [0.1, 0.15) is 11.5 Å². The predicted octanol–water partition coefficient (Wildman–Crippen LogP) is 7.10. The van der Waals surface area contributed by atoms with E-state index in [0.717, 1.165) is 62.8 Å². The highest BCUT2D eigenvalue weighted by atomic mass is 16.7. The lowest BCUT2D eigenvalue weighted by atomic mass is 9.73. The summed E-state index contributed by atoms with van der Waals surface area (Å²) in [4.78, 5) is 12.7.